The summed E-state index contributed by atoms with van der Waals surface area (Å²) in [6.45, 7) is 4.32. The van der Waals surface area contributed by atoms with E-state index in [0.717, 1.165) is 15.7 Å². The lowest BCUT2D eigenvalue weighted by Gasteiger charge is -2.35. The third-order valence-electron chi connectivity index (χ3n) is 3.68. The third-order valence-corrected chi connectivity index (χ3v) is 5.97. The molecule has 0 radical (unpaired) electrons. The summed E-state index contributed by atoms with van der Waals surface area (Å²) >= 11 is 3.42. The van der Waals surface area contributed by atoms with E-state index in [-0.39, 0.29) is 6.04 Å². The second kappa shape index (κ2) is 5.59. The van der Waals surface area contributed by atoms with E-state index in [4.69, 9.17) is 0 Å². The Morgan fingerprint density at radius 3 is 2.55 bits per heavy atom. The van der Waals surface area contributed by atoms with Crippen molar-refractivity contribution in [1.82, 2.24) is 0 Å². The van der Waals surface area contributed by atoms with Gasteiger partial charge in [0.15, 0.2) is 0 Å². The fraction of sp³-hybridized carbons (Fsp3) is 0.250. The zero-order valence-corrected chi connectivity index (χ0v) is 14.8. The van der Waals surface area contributed by atoms with Crippen molar-refractivity contribution in [1.29, 1.82) is 0 Å². The number of sulfonamides is 1. The Bertz CT molecular complexity index is 803. The number of fused-ring (bicyclic) bond motifs is 1. The second-order valence-corrected chi connectivity index (χ2v) is 8.33. The van der Waals surface area contributed by atoms with E-state index in [1.165, 1.54) is 4.31 Å². The molecule has 1 heterocycles. The maximum atomic E-state index is 13.0. The maximum Gasteiger partial charge on any atom is 0.264 e. The van der Waals surface area contributed by atoms with Gasteiger partial charge in [-0.3, -0.25) is 4.31 Å². The van der Waals surface area contributed by atoms with Crippen molar-refractivity contribution in [2.45, 2.75) is 24.8 Å². The molecule has 0 spiro atoms. The van der Waals surface area contributed by atoms with Crippen LogP contribution in [-0.2, 0) is 10.0 Å². The minimum Gasteiger partial charge on any atom is -0.379 e. The Labute approximate surface area is 139 Å². The Morgan fingerprint density at radius 2 is 1.86 bits per heavy atom. The topological polar surface area (TPSA) is 49.4 Å². The van der Waals surface area contributed by atoms with E-state index in [0.29, 0.717) is 17.1 Å². The summed E-state index contributed by atoms with van der Waals surface area (Å²) in [5, 5.41) is 3.32. The SMILES string of the molecule is Cc1ccc(S(=O)(=O)N2CC(C)Nc3ccc(Br)cc32)cc1. The summed E-state index contributed by atoms with van der Waals surface area (Å²) in [5.41, 5.74) is 2.54. The minimum absolute atomic E-state index is 0.0499. The molecule has 2 aromatic rings. The van der Waals surface area contributed by atoms with Gasteiger partial charge in [0.25, 0.3) is 10.0 Å². The monoisotopic (exact) mass is 380 g/mol. The lowest BCUT2D eigenvalue weighted by molar-refractivity contribution is 0.586. The number of anilines is 2. The van der Waals surface area contributed by atoms with Crippen LogP contribution in [0, 0.1) is 6.92 Å². The van der Waals surface area contributed by atoms with Crippen LogP contribution in [0.1, 0.15) is 12.5 Å². The number of nitrogens with one attached hydrogen (secondary N) is 1. The van der Waals surface area contributed by atoms with E-state index in [9.17, 15) is 8.42 Å². The minimum atomic E-state index is -3.57. The van der Waals surface area contributed by atoms with Crippen LogP contribution in [0.2, 0.25) is 0 Å². The molecule has 0 aromatic heterocycles. The Morgan fingerprint density at radius 1 is 1.18 bits per heavy atom. The predicted molar refractivity (Wildman–Crippen MR) is 92.9 cm³/mol. The van der Waals surface area contributed by atoms with E-state index in [1.54, 1.807) is 12.1 Å². The van der Waals surface area contributed by atoms with Crippen molar-refractivity contribution >= 4 is 37.3 Å². The fourth-order valence-corrected chi connectivity index (χ4v) is 4.47. The number of aryl methyl sites for hydroxylation is 1. The number of benzene rings is 2. The van der Waals surface area contributed by atoms with Crippen LogP contribution in [0.5, 0.6) is 0 Å². The summed E-state index contributed by atoms with van der Waals surface area (Å²) in [7, 11) is -3.57. The van der Waals surface area contributed by atoms with Crippen LogP contribution in [-0.4, -0.2) is 21.0 Å². The Kier molecular flexibility index (Phi) is 3.91. The van der Waals surface area contributed by atoms with Gasteiger partial charge in [-0.15, -0.1) is 0 Å². The molecule has 2 aromatic carbocycles. The molecule has 1 aliphatic heterocycles. The van der Waals surface area contributed by atoms with Gasteiger partial charge in [-0.2, -0.15) is 0 Å². The molecule has 22 heavy (non-hydrogen) atoms. The molecule has 0 saturated carbocycles. The van der Waals surface area contributed by atoms with Gasteiger partial charge in [-0.05, 0) is 44.2 Å². The van der Waals surface area contributed by atoms with Gasteiger partial charge in [0, 0.05) is 10.5 Å². The van der Waals surface area contributed by atoms with Crippen LogP contribution in [0.25, 0.3) is 0 Å². The van der Waals surface area contributed by atoms with Gasteiger partial charge in [0.05, 0.1) is 22.8 Å². The van der Waals surface area contributed by atoms with Crippen LogP contribution >= 0.6 is 15.9 Å². The molecule has 0 saturated heterocycles. The largest absolute Gasteiger partial charge is 0.379 e. The number of nitrogens with zero attached hydrogens (tertiary/aromatic N) is 1. The first-order chi connectivity index (χ1) is 10.4. The van der Waals surface area contributed by atoms with Crippen LogP contribution in [0.15, 0.2) is 51.8 Å². The molecule has 0 fully saturated rings. The molecule has 6 heteroatoms. The van der Waals surface area contributed by atoms with Crippen molar-refractivity contribution in [3.8, 4) is 0 Å². The second-order valence-electron chi connectivity index (χ2n) is 5.56. The highest BCUT2D eigenvalue weighted by molar-refractivity contribution is 9.10. The van der Waals surface area contributed by atoms with Crippen LogP contribution < -0.4 is 9.62 Å². The van der Waals surface area contributed by atoms with E-state index >= 15 is 0 Å². The highest BCUT2D eigenvalue weighted by Crippen LogP contribution is 2.36. The fourth-order valence-electron chi connectivity index (χ4n) is 2.56. The molecule has 1 atom stereocenters. The molecule has 1 unspecified atom stereocenters. The van der Waals surface area contributed by atoms with Crippen LogP contribution in [0.4, 0.5) is 11.4 Å². The van der Waals surface area contributed by atoms with Crippen LogP contribution in [0.3, 0.4) is 0 Å². The average molecular weight is 381 g/mol. The molecule has 3 rings (SSSR count). The Balaban J connectivity index is 2.11. The summed E-state index contributed by atoms with van der Waals surface area (Å²) in [4.78, 5) is 0.318. The van der Waals surface area contributed by atoms with Gasteiger partial charge < -0.3 is 5.32 Å². The molecule has 0 bridgehead atoms. The highest BCUT2D eigenvalue weighted by atomic mass is 79.9. The maximum absolute atomic E-state index is 13.0. The standard InChI is InChI=1S/C16H17BrN2O2S/c1-11-3-6-14(7-4-11)22(20,21)19-10-12(2)18-15-8-5-13(17)9-16(15)19/h3-9,12,18H,10H2,1-2H3. The molecule has 4 nitrogen and oxygen atoms in total. The smallest absolute Gasteiger partial charge is 0.264 e. The van der Waals surface area contributed by atoms with Gasteiger partial charge in [0.1, 0.15) is 0 Å². The van der Waals surface area contributed by atoms with E-state index in [2.05, 4.69) is 21.2 Å². The zero-order valence-electron chi connectivity index (χ0n) is 12.4. The molecule has 1 N–H and O–H groups in total. The molecule has 0 amide bonds. The number of hydrogen-bond donors (Lipinski definition) is 1. The molecule has 1 aliphatic rings. The van der Waals surface area contributed by atoms with E-state index < -0.39 is 10.0 Å². The molecule has 0 aliphatic carbocycles. The molecular weight excluding hydrogens is 364 g/mol. The molecule has 116 valence electrons. The van der Waals surface area contributed by atoms with Crippen molar-refractivity contribution in [3.05, 3.63) is 52.5 Å². The van der Waals surface area contributed by atoms with Gasteiger partial charge in [-0.1, -0.05) is 33.6 Å². The van der Waals surface area contributed by atoms with E-state index in [1.807, 2.05) is 44.2 Å². The van der Waals surface area contributed by atoms with Gasteiger partial charge >= 0.3 is 0 Å². The molecular formula is C16H17BrN2O2S. The Hall–Kier alpha value is -1.53. The van der Waals surface area contributed by atoms with Crippen molar-refractivity contribution in [3.63, 3.8) is 0 Å². The van der Waals surface area contributed by atoms with Gasteiger partial charge in [-0.25, -0.2) is 8.42 Å². The number of halogens is 1. The first-order valence-corrected chi connectivity index (χ1v) is 9.27. The van der Waals surface area contributed by atoms with Crippen molar-refractivity contribution in [2.75, 3.05) is 16.2 Å². The first-order valence-electron chi connectivity index (χ1n) is 7.03. The van der Waals surface area contributed by atoms with Gasteiger partial charge in [0.2, 0.25) is 0 Å². The first kappa shape index (κ1) is 15.4. The summed E-state index contributed by atoms with van der Waals surface area (Å²) in [6, 6.07) is 12.6. The predicted octanol–water partition coefficient (Wildman–Crippen LogP) is 3.77. The van der Waals surface area contributed by atoms with Crippen molar-refractivity contribution < 1.29 is 8.42 Å². The van der Waals surface area contributed by atoms with Crippen molar-refractivity contribution in [2.24, 2.45) is 0 Å². The normalized spacial score (nSPS) is 17.8. The number of rotatable bonds is 2. The summed E-state index contributed by atoms with van der Waals surface area (Å²) in [5.74, 6) is 0. The lowest BCUT2D eigenvalue weighted by Crippen LogP contribution is -2.43. The summed E-state index contributed by atoms with van der Waals surface area (Å²) in [6.07, 6.45) is 0. The highest BCUT2D eigenvalue weighted by Gasteiger charge is 2.31. The average Bonchev–Trinajstić information content (AvgIpc) is 2.47. The third kappa shape index (κ3) is 2.73. The number of hydrogen-bond acceptors (Lipinski definition) is 3. The lowest BCUT2D eigenvalue weighted by atomic mass is 10.2. The quantitative estimate of drug-likeness (QED) is 0.862. The summed E-state index contributed by atoms with van der Waals surface area (Å²) < 4.78 is 28.3. The zero-order chi connectivity index (χ0) is 15.9.